The zero-order chi connectivity index (χ0) is 8.91. The first-order valence-corrected chi connectivity index (χ1v) is 3.63. The van der Waals surface area contributed by atoms with Crippen molar-refractivity contribution in [3.8, 4) is 0 Å². The molecule has 0 atom stereocenters. The van der Waals surface area contributed by atoms with Gasteiger partial charge in [0.25, 0.3) is 0 Å². The second-order valence-corrected chi connectivity index (χ2v) is 3.34. The van der Waals surface area contributed by atoms with E-state index < -0.39 is 0 Å². The molecule has 62 valence electrons. The van der Waals surface area contributed by atoms with Crippen molar-refractivity contribution in [2.75, 3.05) is 7.05 Å². The van der Waals surface area contributed by atoms with Crippen LogP contribution in [0.2, 0.25) is 0 Å². The second-order valence-electron chi connectivity index (χ2n) is 3.34. The van der Waals surface area contributed by atoms with Crippen molar-refractivity contribution in [1.29, 1.82) is 0 Å². The maximum Gasteiger partial charge on any atom is 0.109 e. The van der Waals surface area contributed by atoms with E-state index in [1.54, 1.807) is 19.5 Å². The normalized spacial score (nSPS) is 14.0. The van der Waals surface area contributed by atoms with E-state index in [1.807, 2.05) is 0 Å². The molecule has 0 bridgehead atoms. The first-order valence-electron chi connectivity index (χ1n) is 3.63. The summed E-state index contributed by atoms with van der Waals surface area (Å²) in [6, 6.07) is 0. The zero-order valence-corrected chi connectivity index (χ0v) is 7.76. The fourth-order valence-corrected chi connectivity index (χ4v) is 0.672. The molecule has 0 saturated heterocycles. The quantitative estimate of drug-likeness (QED) is 0.428. The molecular weight excluding hydrogens is 136 g/mol. The van der Waals surface area contributed by atoms with E-state index in [4.69, 9.17) is 0 Å². The van der Waals surface area contributed by atoms with Gasteiger partial charge in [-0.2, -0.15) is 0 Å². The van der Waals surface area contributed by atoms with Gasteiger partial charge in [0, 0.05) is 18.2 Å². The number of nitrogens with zero attached hydrogens (tertiary/aromatic N) is 2. The maximum atomic E-state index is 4.14. The molecule has 0 aromatic heterocycles. The topological polar surface area (TPSA) is 24.7 Å². The summed E-state index contributed by atoms with van der Waals surface area (Å²) in [5, 5.41) is 0. The van der Waals surface area contributed by atoms with Crippen LogP contribution in [0.3, 0.4) is 0 Å². The van der Waals surface area contributed by atoms with Crippen LogP contribution in [0.25, 0.3) is 0 Å². The van der Waals surface area contributed by atoms with Gasteiger partial charge >= 0.3 is 0 Å². The van der Waals surface area contributed by atoms with Crippen molar-refractivity contribution in [2.45, 2.75) is 20.8 Å². The van der Waals surface area contributed by atoms with Crippen molar-refractivity contribution in [3.05, 3.63) is 12.7 Å². The molecule has 0 aromatic rings. The van der Waals surface area contributed by atoms with Gasteiger partial charge < -0.3 is 0 Å². The molecule has 0 amide bonds. The summed E-state index contributed by atoms with van der Waals surface area (Å²) in [6.45, 7) is 9.97. The van der Waals surface area contributed by atoms with Crippen LogP contribution in [-0.2, 0) is 0 Å². The van der Waals surface area contributed by atoms with Crippen LogP contribution in [0.4, 0.5) is 0 Å². The van der Waals surface area contributed by atoms with Crippen molar-refractivity contribution in [3.63, 3.8) is 0 Å². The molecule has 0 heterocycles. The minimum absolute atomic E-state index is 0.0585. The third-order valence-corrected chi connectivity index (χ3v) is 1.27. The van der Waals surface area contributed by atoms with Crippen molar-refractivity contribution in [2.24, 2.45) is 15.4 Å². The lowest BCUT2D eigenvalue weighted by molar-refractivity contribution is 0.595. The monoisotopic (exact) mass is 152 g/mol. The average molecular weight is 152 g/mol. The zero-order valence-electron chi connectivity index (χ0n) is 7.76. The van der Waals surface area contributed by atoms with E-state index in [0.717, 1.165) is 5.71 Å². The van der Waals surface area contributed by atoms with Gasteiger partial charge in [0.1, 0.15) is 6.34 Å². The predicted octanol–water partition coefficient (Wildman–Crippen LogP) is 2.32. The average Bonchev–Trinajstić information content (AvgIpc) is 1.87. The highest BCUT2D eigenvalue weighted by atomic mass is 14.8. The molecule has 0 aliphatic carbocycles. The molecule has 0 spiro atoms. The summed E-state index contributed by atoms with van der Waals surface area (Å²) in [5.74, 6) is 0. The van der Waals surface area contributed by atoms with Gasteiger partial charge in [-0.1, -0.05) is 27.4 Å². The molecule has 0 radical (unpaired) electrons. The number of allylic oxidation sites excluding steroid dienone is 1. The summed E-state index contributed by atoms with van der Waals surface area (Å²) < 4.78 is 0. The lowest BCUT2D eigenvalue weighted by Crippen LogP contribution is -2.17. The number of hydrogen-bond donors (Lipinski definition) is 0. The molecule has 0 aromatic carbocycles. The van der Waals surface area contributed by atoms with E-state index in [-0.39, 0.29) is 5.41 Å². The van der Waals surface area contributed by atoms with Crippen LogP contribution in [0.5, 0.6) is 0 Å². The number of aliphatic imine (C=N–C) groups is 2. The largest absolute Gasteiger partial charge is 0.277 e. The van der Waals surface area contributed by atoms with Gasteiger partial charge in [-0.25, -0.2) is 4.99 Å². The smallest absolute Gasteiger partial charge is 0.109 e. The minimum atomic E-state index is 0.0585. The molecule has 0 N–H and O–H groups in total. The third kappa shape index (κ3) is 3.71. The highest BCUT2D eigenvalue weighted by molar-refractivity contribution is 6.02. The molecule has 0 aliphatic heterocycles. The van der Waals surface area contributed by atoms with Crippen LogP contribution < -0.4 is 0 Å². The number of hydrogen-bond acceptors (Lipinski definition) is 1. The Balaban J connectivity index is 4.53. The molecular formula is C9H16N2. The molecule has 0 saturated carbocycles. The molecule has 11 heavy (non-hydrogen) atoms. The van der Waals surface area contributed by atoms with E-state index in [2.05, 4.69) is 37.3 Å². The van der Waals surface area contributed by atoms with Gasteiger partial charge in [0.15, 0.2) is 0 Å². The molecule has 0 unspecified atom stereocenters. The summed E-state index contributed by atoms with van der Waals surface area (Å²) in [7, 11) is 1.70. The standard InChI is InChI=1S/C9H16N2/c1-6-8(9(2,3)4)11-7-10-5/h6-7H,1H2,2-5H3. The Morgan fingerprint density at radius 1 is 1.36 bits per heavy atom. The number of rotatable bonds is 2. The van der Waals surface area contributed by atoms with Gasteiger partial charge in [-0.15, -0.1) is 0 Å². The molecule has 2 nitrogen and oxygen atoms in total. The molecule has 0 aliphatic rings. The van der Waals surface area contributed by atoms with Crippen LogP contribution in [0.15, 0.2) is 22.6 Å². The highest BCUT2D eigenvalue weighted by Gasteiger charge is 2.14. The summed E-state index contributed by atoms with van der Waals surface area (Å²) in [6.07, 6.45) is 3.31. The summed E-state index contributed by atoms with van der Waals surface area (Å²) >= 11 is 0. The van der Waals surface area contributed by atoms with Gasteiger partial charge in [0.2, 0.25) is 0 Å². The molecule has 0 rings (SSSR count). The predicted molar refractivity (Wildman–Crippen MR) is 51.5 cm³/mol. The first-order chi connectivity index (χ1) is 5.02. The van der Waals surface area contributed by atoms with E-state index in [9.17, 15) is 0 Å². The summed E-state index contributed by atoms with van der Waals surface area (Å²) in [5.41, 5.74) is 1.02. The Hall–Kier alpha value is -0.920. The van der Waals surface area contributed by atoms with E-state index in [1.165, 1.54) is 0 Å². The Morgan fingerprint density at radius 2 is 1.91 bits per heavy atom. The molecule has 2 heteroatoms. The van der Waals surface area contributed by atoms with Gasteiger partial charge in [-0.05, 0) is 6.08 Å². The van der Waals surface area contributed by atoms with Crippen molar-refractivity contribution in [1.82, 2.24) is 0 Å². The molecule has 0 fully saturated rings. The minimum Gasteiger partial charge on any atom is -0.277 e. The van der Waals surface area contributed by atoms with Crippen LogP contribution in [0.1, 0.15) is 20.8 Å². The lowest BCUT2D eigenvalue weighted by Gasteiger charge is -2.17. The Morgan fingerprint density at radius 3 is 2.18 bits per heavy atom. The fraction of sp³-hybridized carbons (Fsp3) is 0.556. The van der Waals surface area contributed by atoms with Gasteiger partial charge in [0.05, 0.1) is 0 Å². The Labute approximate surface area is 68.8 Å². The maximum absolute atomic E-state index is 4.14. The Bertz CT molecular complexity index is 182. The Kier molecular flexibility index (Phi) is 3.72. The van der Waals surface area contributed by atoms with Crippen LogP contribution in [-0.4, -0.2) is 19.1 Å². The highest BCUT2D eigenvalue weighted by Crippen LogP contribution is 2.16. The van der Waals surface area contributed by atoms with E-state index in [0.29, 0.717) is 0 Å². The SMILES string of the molecule is C=CC(=NC=NC)C(C)(C)C. The first kappa shape index (κ1) is 10.1. The van der Waals surface area contributed by atoms with Crippen LogP contribution >= 0.6 is 0 Å². The third-order valence-electron chi connectivity index (χ3n) is 1.27. The van der Waals surface area contributed by atoms with E-state index >= 15 is 0 Å². The second kappa shape index (κ2) is 4.06. The fourth-order valence-electron chi connectivity index (χ4n) is 0.672. The lowest BCUT2D eigenvalue weighted by atomic mass is 9.90. The van der Waals surface area contributed by atoms with Gasteiger partial charge in [-0.3, -0.25) is 4.99 Å². The van der Waals surface area contributed by atoms with Crippen LogP contribution in [0, 0.1) is 5.41 Å². The summed E-state index contributed by atoms with van der Waals surface area (Å²) in [4.78, 5) is 7.92. The van der Waals surface area contributed by atoms with Crippen molar-refractivity contribution >= 4 is 12.1 Å². The van der Waals surface area contributed by atoms with Crippen molar-refractivity contribution < 1.29 is 0 Å².